The Morgan fingerprint density at radius 3 is 2.61 bits per heavy atom. The minimum atomic E-state index is -0.179. The van der Waals surface area contributed by atoms with Gasteiger partial charge >= 0.3 is 5.97 Å². The van der Waals surface area contributed by atoms with Gasteiger partial charge in [-0.3, -0.25) is 4.79 Å². The molecule has 1 rings (SSSR count). The van der Waals surface area contributed by atoms with Crippen molar-refractivity contribution in [2.75, 3.05) is 5.33 Å². The van der Waals surface area contributed by atoms with Crippen LogP contribution in [0.3, 0.4) is 0 Å². The molecule has 2 nitrogen and oxygen atoms in total. The Morgan fingerprint density at radius 1 is 1.39 bits per heavy atom. The third-order valence-electron chi connectivity index (χ3n) is 3.85. The van der Waals surface area contributed by atoms with Crippen molar-refractivity contribution in [1.29, 1.82) is 0 Å². The van der Waals surface area contributed by atoms with Gasteiger partial charge in [-0.25, -0.2) is 0 Å². The lowest BCUT2D eigenvalue weighted by molar-refractivity contribution is -0.155. The van der Waals surface area contributed by atoms with Crippen LogP contribution in [0.4, 0.5) is 0 Å². The molecule has 0 radical (unpaired) electrons. The fourth-order valence-corrected chi connectivity index (χ4v) is 4.10. The first-order chi connectivity index (χ1) is 8.45. The van der Waals surface area contributed by atoms with Crippen molar-refractivity contribution in [1.82, 2.24) is 0 Å². The molecule has 1 fully saturated rings. The van der Waals surface area contributed by atoms with Gasteiger partial charge in [-0.1, -0.05) is 59.1 Å². The molecule has 1 aliphatic carbocycles. The Bertz CT molecular complexity index is 269. The van der Waals surface area contributed by atoms with Crippen LogP contribution in [0.5, 0.6) is 0 Å². The molecule has 0 aromatic heterocycles. The van der Waals surface area contributed by atoms with Crippen LogP contribution in [-0.2, 0) is 9.53 Å². The number of carbonyl (C=O) groups excluding carboxylic acids is 1. The molecule has 0 aliphatic heterocycles. The van der Waals surface area contributed by atoms with Gasteiger partial charge < -0.3 is 4.74 Å². The van der Waals surface area contributed by atoms with Crippen molar-refractivity contribution in [3.8, 4) is 0 Å². The zero-order chi connectivity index (χ0) is 13.7. The lowest BCUT2D eigenvalue weighted by Crippen LogP contribution is -2.37. The smallest absolute Gasteiger partial charge is 0.320 e. The van der Waals surface area contributed by atoms with Gasteiger partial charge in [0.2, 0.25) is 0 Å². The summed E-state index contributed by atoms with van der Waals surface area (Å²) in [6.07, 6.45) is 4.34. The molecule has 0 amide bonds. The summed E-state index contributed by atoms with van der Waals surface area (Å²) in [7, 11) is 0. The van der Waals surface area contributed by atoms with Crippen molar-refractivity contribution in [3.63, 3.8) is 0 Å². The average molecular weight is 384 g/mol. The Morgan fingerprint density at radius 2 is 2.06 bits per heavy atom. The average Bonchev–Trinajstić information content (AvgIpc) is 2.28. The summed E-state index contributed by atoms with van der Waals surface area (Å²) in [6, 6.07) is 0. The summed E-state index contributed by atoms with van der Waals surface area (Å²) >= 11 is 6.75. The highest BCUT2D eigenvalue weighted by atomic mass is 79.9. The number of halogens is 2. The van der Waals surface area contributed by atoms with Crippen molar-refractivity contribution in [2.24, 2.45) is 17.8 Å². The molecule has 0 bridgehead atoms. The summed E-state index contributed by atoms with van der Waals surface area (Å²) in [5.41, 5.74) is 0. The minimum Gasteiger partial charge on any atom is -0.461 e. The van der Waals surface area contributed by atoms with E-state index in [1.165, 1.54) is 12.8 Å². The van der Waals surface area contributed by atoms with Gasteiger partial charge in [0.1, 0.15) is 10.9 Å². The van der Waals surface area contributed by atoms with Crippen LogP contribution in [-0.4, -0.2) is 22.2 Å². The largest absolute Gasteiger partial charge is 0.461 e. The Labute approximate surface area is 127 Å². The van der Waals surface area contributed by atoms with Crippen LogP contribution < -0.4 is 0 Å². The monoisotopic (exact) mass is 382 g/mol. The summed E-state index contributed by atoms with van der Waals surface area (Å²) in [6.45, 7) is 6.71. The first kappa shape index (κ1) is 16.5. The third kappa shape index (κ3) is 4.84. The van der Waals surface area contributed by atoms with Gasteiger partial charge in [0.25, 0.3) is 0 Å². The number of carbonyl (C=O) groups is 1. The number of hydrogen-bond donors (Lipinski definition) is 0. The van der Waals surface area contributed by atoms with Gasteiger partial charge in [-0.2, -0.15) is 0 Å². The van der Waals surface area contributed by atoms with Gasteiger partial charge in [-0.05, 0) is 37.0 Å². The molecule has 0 saturated heterocycles. The maximum atomic E-state index is 12.0. The van der Waals surface area contributed by atoms with E-state index < -0.39 is 0 Å². The molecule has 0 spiro atoms. The Kier molecular flexibility index (Phi) is 7.22. The molecule has 1 saturated carbocycles. The molecule has 4 heteroatoms. The number of esters is 1. The second kappa shape index (κ2) is 7.88. The number of hydrogen-bond acceptors (Lipinski definition) is 2. The maximum absolute atomic E-state index is 12.0. The number of ether oxygens (including phenoxy) is 1. The fourth-order valence-electron chi connectivity index (χ4n) is 2.69. The normalized spacial score (nSPS) is 30.2. The molecular weight excluding hydrogens is 360 g/mol. The zero-order valence-electron chi connectivity index (χ0n) is 11.5. The SMILES string of the molecule is CC1CCC(C(C)C)C(OC(=O)C(Br)CCBr)C1. The van der Waals surface area contributed by atoms with Crippen molar-refractivity contribution >= 4 is 37.8 Å². The Balaban J connectivity index is 2.57. The van der Waals surface area contributed by atoms with E-state index in [0.29, 0.717) is 17.8 Å². The highest BCUT2D eigenvalue weighted by molar-refractivity contribution is 9.10. The fraction of sp³-hybridized carbons (Fsp3) is 0.929. The van der Waals surface area contributed by atoms with Crippen molar-refractivity contribution < 1.29 is 9.53 Å². The van der Waals surface area contributed by atoms with Crippen LogP contribution in [0.2, 0.25) is 0 Å². The van der Waals surface area contributed by atoms with Crippen LogP contribution in [0.15, 0.2) is 0 Å². The molecule has 4 atom stereocenters. The van der Waals surface area contributed by atoms with E-state index in [0.717, 1.165) is 18.2 Å². The van der Waals surface area contributed by atoms with Crippen molar-refractivity contribution in [2.45, 2.75) is 57.4 Å². The highest BCUT2D eigenvalue weighted by Gasteiger charge is 2.34. The van der Waals surface area contributed by atoms with Gasteiger partial charge in [0, 0.05) is 5.33 Å². The standard InChI is InChI=1S/C14H24Br2O2/c1-9(2)11-5-4-10(3)8-13(11)18-14(17)12(16)6-7-15/h9-13H,4-8H2,1-3H3. The molecule has 0 N–H and O–H groups in total. The molecular formula is C14H24Br2O2. The quantitative estimate of drug-likeness (QED) is 0.514. The summed E-state index contributed by atoms with van der Waals surface area (Å²) in [4.78, 5) is 11.8. The van der Waals surface area contributed by atoms with Gasteiger partial charge in [0.05, 0.1) is 0 Å². The molecule has 106 valence electrons. The summed E-state index contributed by atoms with van der Waals surface area (Å²) in [5, 5.41) is 0.812. The topological polar surface area (TPSA) is 26.3 Å². The van der Waals surface area contributed by atoms with Crippen LogP contribution >= 0.6 is 31.9 Å². The predicted octanol–water partition coefficient (Wildman–Crippen LogP) is 4.54. The second-order valence-electron chi connectivity index (χ2n) is 5.75. The number of alkyl halides is 2. The highest BCUT2D eigenvalue weighted by Crippen LogP contribution is 2.35. The van der Waals surface area contributed by atoms with E-state index in [-0.39, 0.29) is 16.9 Å². The lowest BCUT2D eigenvalue weighted by Gasteiger charge is -2.37. The third-order valence-corrected chi connectivity index (χ3v) is 5.14. The maximum Gasteiger partial charge on any atom is 0.320 e. The zero-order valence-corrected chi connectivity index (χ0v) is 14.7. The second-order valence-corrected chi connectivity index (χ2v) is 7.64. The molecule has 0 aromatic rings. The number of rotatable bonds is 5. The lowest BCUT2D eigenvalue weighted by atomic mass is 9.75. The first-order valence-electron chi connectivity index (χ1n) is 6.86. The van der Waals surface area contributed by atoms with Crippen LogP contribution in [0.1, 0.15) is 46.5 Å². The van der Waals surface area contributed by atoms with E-state index in [1.54, 1.807) is 0 Å². The van der Waals surface area contributed by atoms with E-state index in [2.05, 4.69) is 52.6 Å². The minimum absolute atomic E-state index is 0.0980. The predicted molar refractivity (Wildman–Crippen MR) is 82.3 cm³/mol. The Hall–Kier alpha value is 0.430. The molecule has 1 aliphatic rings. The molecule has 0 heterocycles. The van der Waals surface area contributed by atoms with Gasteiger partial charge in [-0.15, -0.1) is 0 Å². The molecule has 4 unspecified atom stereocenters. The van der Waals surface area contributed by atoms with Crippen LogP contribution in [0, 0.1) is 17.8 Å². The molecule has 18 heavy (non-hydrogen) atoms. The van der Waals surface area contributed by atoms with Crippen molar-refractivity contribution in [3.05, 3.63) is 0 Å². The van der Waals surface area contributed by atoms with E-state index in [1.807, 2.05) is 0 Å². The van der Waals surface area contributed by atoms with E-state index in [4.69, 9.17) is 4.74 Å². The summed E-state index contributed by atoms with van der Waals surface area (Å²) in [5.74, 6) is 1.68. The molecule has 0 aromatic carbocycles. The van der Waals surface area contributed by atoms with E-state index in [9.17, 15) is 4.79 Å². The van der Waals surface area contributed by atoms with E-state index >= 15 is 0 Å². The van der Waals surface area contributed by atoms with Crippen LogP contribution in [0.25, 0.3) is 0 Å². The van der Waals surface area contributed by atoms with Gasteiger partial charge in [0.15, 0.2) is 0 Å². The first-order valence-corrected chi connectivity index (χ1v) is 8.90. The summed E-state index contributed by atoms with van der Waals surface area (Å²) < 4.78 is 5.74.